The lowest BCUT2D eigenvalue weighted by Gasteiger charge is -2.29. The summed E-state index contributed by atoms with van der Waals surface area (Å²) in [5.74, 6) is -3.12. The van der Waals surface area contributed by atoms with Crippen LogP contribution in [0.5, 0.6) is 0 Å². The maximum atomic E-state index is 12.2. The number of rotatable bonds is 6. The fourth-order valence-electron chi connectivity index (χ4n) is 2.29. The van der Waals surface area contributed by atoms with E-state index in [0.29, 0.717) is 13.0 Å². The van der Waals surface area contributed by atoms with Gasteiger partial charge in [0, 0.05) is 0 Å². The summed E-state index contributed by atoms with van der Waals surface area (Å²) in [6.07, 6.45) is 0.316. The van der Waals surface area contributed by atoms with Crippen molar-refractivity contribution in [1.82, 2.24) is 5.32 Å². The van der Waals surface area contributed by atoms with E-state index < -0.39 is 29.4 Å². The number of hydrogen-bond acceptors (Lipinski definition) is 7. The highest BCUT2D eigenvalue weighted by atomic mass is 16.6. The second-order valence-corrected chi connectivity index (χ2v) is 4.27. The van der Waals surface area contributed by atoms with Crippen molar-refractivity contribution in [3.05, 3.63) is 0 Å². The van der Waals surface area contributed by atoms with Crippen molar-refractivity contribution in [2.75, 3.05) is 26.4 Å². The largest absolute Gasteiger partial charge is 0.466 e. The van der Waals surface area contributed by atoms with Crippen molar-refractivity contribution in [3.63, 3.8) is 0 Å². The van der Waals surface area contributed by atoms with Crippen LogP contribution in [-0.2, 0) is 28.6 Å². The van der Waals surface area contributed by atoms with Crippen LogP contribution in [0, 0.1) is 5.92 Å². The predicted molar refractivity (Wildman–Crippen MR) is 68.7 cm³/mol. The summed E-state index contributed by atoms with van der Waals surface area (Å²) >= 11 is 0. The molecule has 0 aromatic carbocycles. The molecule has 1 fully saturated rings. The summed E-state index contributed by atoms with van der Waals surface area (Å²) in [5, 5.41) is 2.78. The van der Waals surface area contributed by atoms with Gasteiger partial charge in [0.2, 0.25) is 5.54 Å². The molecule has 0 bridgehead atoms. The Balaban J connectivity index is 3.11. The molecule has 1 heterocycles. The van der Waals surface area contributed by atoms with E-state index in [2.05, 4.69) is 5.32 Å². The van der Waals surface area contributed by atoms with Gasteiger partial charge in [0.15, 0.2) is 0 Å². The van der Waals surface area contributed by atoms with Gasteiger partial charge in [-0.05, 0) is 33.7 Å². The monoisotopic (exact) mass is 287 g/mol. The summed E-state index contributed by atoms with van der Waals surface area (Å²) < 4.78 is 14.8. The Morgan fingerprint density at radius 1 is 1.00 bits per heavy atom. The molecular weight excluding hydrogens is 266 g/mol. The van der Waals surface area contributed by atoms with Gasteiger partial charge in [-0.2, -0.15) is 0 Å². The van der Waals surface area contributed by atoms with Gasteiger partial charge in [0.1, 0.15) is 0 Å². The molecule has 0 aromatic heterocycles. The Labute approximate surface area is 117 Å². The van der Waals surface area contributed by atoms with E-state index in [4.69, 9.17) is 14.2 Å². The van der Waals surface area contributed by atoms with Crippen LogP contribution in [-0.4, -0.2) is 49.8 Å². The third-order valence-corrected chi connectivity index (χ3v) is 3.13. The second-order valence-electron chi connectivity index (χ2n) is 4.27. The first kappa shape index (κ1) is 16.4. The number of carbonyl (C=O) groups excluding carboxylic acids is 3. The molecule has 0 amide bonds. The smallest absolute Gasteiger partial charge is 0.339 e. The molecule has 1 unspecified atom stereocenters. The topological polar surface area (TPSA) is 90.9 Å². The maximum Gasteiger partial charge on any atom is 0.339 e. The summed E-state index contributed by atoms with van der Waals surface area (Å²) in [6, 6.07) is 0. The van der Waals surface area contributed by atoms with E-state index in [1.807, 2.05) is 0 Å². The van der Waals surface area contributed by atoms with Crippen molar-refractivity contribution in [2.45, 2.75) is 32.7 Å². The van der Waals surface area contributed by atoms with Crippen molar-refractivity contribution in [2.24, 2.45) is 5.92 Å². The Morgan fingerprint density at radius 2 is 1.50 bits per heavy atom. The molecule has 1 N–H and O–H groups in total. The fourth-order valence-corrected chi connectivity index (χ4v) is 2.29. The van der Waals surface area contributed by atoms with Crippen LogP contribution in [0.1, 0.15) is 27.2 Å². The molecule has 114 valence electrons. The van der Waals surface area contributed by atoms with Crippen LogP contribution in [0.2, 0.25) is 0 Å². The first-order valence-corrected chi connectivity index (χ1v) is 6.80. The van der Waals surface area contributed by atoms with Crippen molar-refractivity contribution in [3.8, 4) is 0 Å². The van der Waals surface area contributed by atoms with Gasteiger partial charge in [-0.3, -0.25) is 10.1 Å². The first-order valence-electron chi connectivity index (χ1n) is 6.80. The van der Waals surface area contributed by atoms with Gasteiger partial charge in [-0.15, -0.1) is 0 Å². The van der Waals surface area contributed by atoms with Crippen LogP contribution >= 0.6 is 0 Å². The molecule has 0 spiro atoms. The highest BCUT2D eigenvalue weighted by Crippen LogP contribution is 2.31. The Bertz CT molecular complexity index is 363. The van der Waals surface area contributed by atoms with Gasteiger partial charge in [0.05, 0.1) is 25.7 Å². The van der Waals surface area contributed by atoms with Gasteiger partial charge in [-0.1, -0.05) is 0 Å². The van der Waals surface area contributed by atoms with E-state index in [1.165, 1.54) is 0 Å². The third-order valence-electron chi connectivity index (χ3n) is 3.13. The van der Waals surface area contributed by atoms with E-state index >= 15 is 0 Å². The molecule has 1 aliphatic rings. The van der Waals surface area contributed by atoms with Gasteiger partial charge >= 0.3 is 17.9 Å². The Morgan fingerprint density at radius 3 is 1.95 bits per heavy atom. The minimum Gasteiger partial charge on any atom is -0.466 e. The Kier molecular flexibility index (Phi) is 5.94. The van der Waals surface area contributed by atoms with E-state index in [-0.39, 0.29) is 19.8 Å². The van der Waals surface area contributed by atoms with Crippen LogP contribution in [0.15, 0.2) is 0 Å². The average molecular weight is 287 g/mol. The van der Waals surface area contributed by atoms with E-state index in [9.17, 15) is 14.4 Å². The summed E-state index contributed by atoms with van der Waals surface area (Å²) in [5.41, 5.74) is -1.79. The SMILES string of the molecule is CCOC(=O)C1CCNC1(C(=O)OCC)C(=O)OCC. The number of ether oxygens (including phenoxy) is 3. The zero-order valence-corrected chi connectivity index (χ0v) is 12.1. The van der Waals surface area contributed by atoms with Crippen molar-refractivity contribution in [1.29, 1.82) is 0 Å². The molecule has 7 heteroatoms. The zero-order valence-electron chi connectivity index (χ0n) is 12.1. The molecule has 0 aliphatic carbocycles. The lowest BCUT2D eigenvalue weighted by atomic mass is 9.85. The molecule has 0 aromatic rings. The van der Waals surface area contributed by atoms with Gasteiger partial charge in [-0.25, -0.2) is 9.59 Å². The highest BCUT2D eigenvalue weighted by Gasteiger charge is 2.61. The van der Waals surface area contributed by atoms with E-state index in [0.717, 1.165) is 0 Å². The van der Waals surface area contributed by atoms with Gasteiger partial charge in [0.25, 0.3) is 0 Å². The van der Waals surface area contributed by atoms with Crippen LogP contribution in [0.4, 0.5) is 0 Å². The predicted octanol–water partition coefficient (Wildman–Crippen LogP) is 0.0240. The van der Waals surface area contributed by atoms with Crippen LogP contribution in [0.3, 0.4) is 0 Å². The van der Waals surface area contributed by atoms with E-state index in [1.54, 1.807) is 20.8 Å². The molecule has 1 rings (SSSR count). The number of esters is 3. The molecular formula is C13H21NO6. The molecule has 1 aliphatic heterocycles. The molecule has 7 nitrogen and oxygen atoms in total. The molecule has 0 radical (unpaired) electrons. The maximum absolute atomic E-state index is 12.2. The van der Waals surface area contributed by atoms with Crippen LogP contribution < -0.4 is 5.32 Å². The fraction of sp³-hybridized carbons (Fsp3) is 0.769. The minimum atomic E-state index is -1.79. The van der Waals surface area contributed by atoms with Crippen molar-refractivity contribution >= 4 is 17.9 Å². The van der Waals surface area contributed by atoms with Crippen molar-refractivity contribution < 1.29 is 28.6 Å². The van der Waals surface area contributed by atoms with Gasteiger partial charge < -0.3 is 14.2 Å². The minimum absolute atomic E-state index is 0.108. The first-order chi connectivity index (χ1) is 9.54. The number of hydrogen-bond donors (Lipinski definition) is 1. The summed E-state index contributed by atoms with van der Waals surface area (Å²) in [4.78, 5) is 36.4. The molecule has 1 saturated heterocycles. The second kappa shape index (κ2) is 7.23. The number of nitrogens with one attached hydrogen (secondary N) is 1. The highest BCUT2D eigenvalue weighted by molar-refractivity contribution is 6.09. The third kappa shape index (κ3) is 2.92. The molecule has 20 heavy (non-hydrogen) atoms. The quantitative estimate of drug-likeness (QED) is 0.418. The lowest BCUT2D eigenvalue weighted by molar-refractivity contribution is -0.174. The average Bonchev–Trinajstić information content (AvgIpc) is 2.85. The molecule has 1 atom stereocenters. The standard InChI is InChI=1S/C13H21NO6/c1-4-18-10(15)9-7-8-14-13(9,11(16)19-5-2)12(17)20-6-3/h9,14H,4-8H2,1-3H3. The molecule has 0 saturated carbocycles. The number of carbonyl (C=O) groups is 3. The lowest BCUT2D eigenvalue weighted by Crippen LogP contribution is -2.61. The zero-order chi connectivity index (χ0) is 15.2. The normalized spacial score (nSPS) is 20.2. The van der Waals surface area contributed by atoms with Crippen LogP contribution in [0.25, 0.3) is 0 Å². The summed E-state index contributed by atoms with van der Waals surface area (Å²) in [6.45, 7) is 5.65. The Hall–Kier alpha value is -1.63. The summed E-state index contributed by atoms with van der Waals surface area (Å²) in [7, 11) is 0.